The highest BCUT2D eigenvalue weighted by Gasteiger charge is 2.53. The third-order valence-corrected chi connectivity index (χ3v) is 7.03. The van der Waals surface area contributed by atoms with E-state index in [4.69, 9.17) is 4.74 Å². The summed E-state index contributed by atoms with van der Waals surface area (Å²) >= 11 is 0. The van der Waals surface area contributed by atoms with Crippen molar-refractivity contribution in [1.82, 2.24) is 19.6 Å². The number of methoxy groups -OCH3 is 1. The highest BCUT2D eigenvalue weighted by atomic mass is 16.5. The molecule has 27 heavy (non-hydrogen) atoms. The number of nitrogens with zero attached hydrogens (tertiary/aromatic N) is 4. The van der Waals surface area contributed by atoms with Gasteiger partial charge in [0.1, 0.15) is 5.75 Å². The van der Waals surface area contributed by atoms with E-state index in [0.717, 1.165) is 31.3 Å². The van der Waals surface area contributed by atoms with Gasteiger partial charge in [-0.05, 0) is 44.8 Å². The number of para-hydroxylation sites is 1. The van der Waals surface area contributed by atoms with Crippen molar-refractivity contribution in [3.8, 4) is 5.75 Å². The van der Waals surface area contributed by atoms with Gasteiger partial charge in [-0.3, -0.25) is 14.5 Å². The highest BCUT2D eigenvalue weighted by molar-refractivity contribution is 5.39. The summed E-state index contributed by atoms with van der Waals surface area (Å²) < 4.78 is 7.78. The molecule has 4 aliphatic rings. The van der Waals surface area contributed by atoms with Crippen LogP contribution < -0.4 is 4.74 Å². The lowest BCUT2D eigenvalue weighted by Gasteiger charge is -2.51. The molecular weight excluding hydrogens is 336 g/mol. The van der Waals surface area contributed by atoms with Crippen LogP contribution in [0.15, 0.2) is 36.7 Å². The van der Waals surface area contributed by atoms with Crippen molar-refractivity contribution in [2.75, 3.05) is 26.7 Å². The molecule has 144 valence electrons. The molecule has 1 aromatic carbocycles. The zero-order chi connectivity index (χ0) is 18.4. The van der Waals surface area contributed by atoms with Crippen LogP contribution in [0.5, 0.6) is 5.75 Å². The Labute approximate surface area is 161 Å². The second-order valence-corrected chi connectivity index (χ2v) is 8.34. The minimum Gasteiger partial charge on any atom is -0.496 e. The van der Waals surface area contributed by atoms with Crippen LogP contribution in [0.25, 0.3) is 0 Å². The summed E-state index contributed by atoms with van der Waals surface area (Å²) in [6, 6.07) is 9.93. The molecule has 2 aromatic rings. The fourth-order valence-corrected chi connectivity index (χ4v) is 5.86. The lowest BCUT2D eigenvalue weighted by atomic mass is 9.75. The van der Waals surface area contributed by atoms with E-state index in [-0.39, 0.29) is 0 Å². The Balaban J connectivity index is 1.48. The van der Waals surface area contributed by atoms with E-state index < -0.39 is 0 Å². The molecule has 0 amide bonds. The molecule has 0 radical (unpaired) electrons. The molecular formula is C22H30N4O. The SMILES string of the molecule is CCn1cc(CN2C[C@H](c3ccccc3OC)[C@H]3[C@@H]2C2CCN3CC2)cn1. The first-order chi connectivity index (χ1) is 13.3. The van der Waals surface area contributed by atoms with Gasteiger partial charge in [0.25, 0.3) is 0 Å². The largest absolute Gasteiger partial charge is 0.496 e. The smallest absolute Gasteiger partial charge is 0.122 e. The minimum absolute atomic E-state index is 0.524. The normalized spacial score (nSPS) is 32.6. The van der Waals surface area contributed by atoms with Crippen LogP contribution in [0.1, 0.15) is 36.8 Å². The summed E-state index contributed by atoms with van der Waals surface area (Å²) in [4.78, 5) is 5.51. The van der Waals surface area contributed by atoms with Gasteiger partial charge < -0.3 is 4.74 Å². The number of aryl methyl sites for hydroxylation is 1. The van der Waals surface area contributed by atoms with Gasteiger partial charge in [-0.1, -0.05) is 18.2 Å². The number of ether oxygens (including phenoxy) is 1. The molecule has 6 rings (SSSR count). The molecule has 0 spiro atoms. The number of likely N-dealkylation sites (tertiary alicyclic amines) is 1. The van der Waals surface area contributed by atoms with Gasteiger partial charge in [-0.15, -0.1) is 0 Å². The van der Waals surface area contributed by atoms with E-state index in [0.29, 0.717) is 18.0 Å². The summed E-state index contributed by atoms with van der Waals surface area (Å²) in [5, 5.41) is 4.49. The number of fused-ring (bicyclic) bond motifs is 2. The molecule has 0 unspecified atom stereocenters. The Hall–Kier alpha value is -1.85. The summed E-state index contributed by atoms with van der Waals surface area (Å²) in [5.74, 6) is 2.40. The van der Waals surface area contributed by atoms with E-state index >= 15 is 0 Å². The number of benzene rings is 1. The molecule has 0 aliphatic carbocycles. The molecule has 0 N–H and O–H groups in total. The predicted molar refractivity (Wildman–Crippen MR) is 106 cm³/mol. The average Bonchev–Trinajstić information content (AvgIpc) is 3.35. The van der Waals surface area contributed by atoms with Gasteiger partial charge in [0.15, 0.2) is 0 Å². The summed E-state index contributed by atoms with van der Waals surface area (Å²) in [6.07, 6.45) is 6.97. The number of hydrogen-bond donors (Lipinski definition) is 0. The Morgan fingerprint density at radius 2 is 1.96 bits per heavy atom. The standard InChI is InChI=1S/C22H30N4O/c1-3-26-14-16(12-23-26)13-25-15-19(18-6-4-5-7-20(18)27-2)22-21(25)17-8-10-24(22)11-9-17/h4-7,12,14,17,19,21-22H,3,8-11,13,15H2,1-2H3/t19-,21+,22+/m1/s1. The van der Waals surface area contributed by atoms with Gasteiger partial charge in [-0.2, -0.15) is 5.10 Å². The van der Waals surface area contributed by atoms with Crippen LogP contribution in [0, 0.1) is 5.92 Å². The number of rotatable bonds is 5. The zero-order valence-corrected chi connectivity index (χ0v) is 16.4. The third-order valence-electron chi connectivity index (χ3n) is 7.03. The summed E-state index contributed by atoms with van der Waals surface area (Å²) in [6.45, 7) is 7.73. The van der Waals surface area contributed by atoms with Gasteiger partial charge in [0, 0.05) is 55.0 Å². The molecule has 3 atom stereocenters. The van der Waals surface area contributed by atoms with E-state index in [2.05, 4.69) is 58.5 Å². The van der Waals surface area contributed by atoms with Gasteiger partial charge in [0.05, 0.1) is 13.3 Å². The fraction of sp³-hybridized carbons (Fsp3) is 0.591. The van der Waals surface area contributed by atoms with Crippen LogP contribution in [0.3, 0.4) is 0 Å². The second kappa shape index (κ2) is 6.95. The first kappa shape index (κ1) is 17.3. The molecule has 5 heteroatoms. The molecule has 5 heterocycles. The molecule has 0 saturated carbocycles. The Kier molecular flexibility index (Phi) is 4.44. The van der Waals surface area contributed by atoms with Gasteiger partial charge in [-0.25, -0.2) is 0 Å². The number of aromatic nitrogens is 2. The minimum atomic E-state index is 0.524. The molecule has 4 aliphatic heterocycles. The maximum absolute atomic E-state index is 5.74. The van der Waals surface area contributed by atoms with E-state index in [1.54, 1.807) is 7.11 Å². The quantitative estimate of drug-likeness (QED) is 0.815. The highest BCUT2D eigenvalue weighted by Crippen LogP contribution is 2.48. The third kappa shape index (κ3) is 2.88. The molecule has 2 bridgehead atoms. The average molecular weight is 367 g/mol. The van der Waals surface area contributed by atoms with Crippen molar-refractivity contribution in [1.29, 1.82) is 0 Å². The lowest BCUT2D eigenvalue weighted by molar-refractivity contribution is -0.00879. The monoisotopic (exact) mass is 366 g/mol. The van der Waals surface area contributed by atoms with Gasteiger partial charge in [0.2, 0.25) is 0 Å². The van der Waals surface area contributed by atoms with E-state index in [1.165, 1.54) is 37.1 Å². The summed E-state index contributed by atoms with van der Waals surface area (Å²) in [7, 11) is 1.80. The van der Waals surface area contributed by atoms with Crippen molar-refractivity contribution in [2.24, 2.45) is 5.92 Å². The number of hydrogen-bond acceptors (Lipinski definition) is 4. The predicted octanol–water partition coefficient (Wildman–Crippen LogP) is 2.97. The van der Waals surface area contributed by atoms with E-state index in [1.807, 2.05) is 4.68 Å². The fourth-order valence-electron chi connectivity index (χ4n) is 5.86. The zero-order valence-electron chi connectivity index (χ0n) is 16.4. The van der Waals surface area contributed by atoms with Crippen LogP contribution in [0.4, 0.5) is 0 Å². The molecule has 1 aromatic heterocycles. The Bertz CT molecular complexity index is 795. The van der Waals surface area contributed by atoms with E-state index in [9.17, 15) is 0 Å². The first-order valence-electron chi connectivity index (χ1n) is 10.4. The molecule has 4 saturated heterocycles. The van der Waals surface area contributed by atoms with Crippen molar-refractivity contribution >= 4 is 0 Å². The van der Waals surface area contributed by atoms with Crippen molar-refractivity contribution in [3.63, 3.8) is 0 Å². The lowest BCUT2D eigenvalue weighted by Crippen LogP contribution is -2.59. The van der Waals surface area contributed by atoms with Crippen LogP contribution in [0.2, 0.25) is 0 Å². The topological polar surface area (TPSA) is 33.5 Å². The van der Waals surface area contributed by atoms with Crippen molar-refractivity contribution in [2.45, 2.75) is 50.9 Å². The van der Waals surface area contributed by atoms with Crippen molar-refractivity contribution < 1.29 is 4.74 Å². The number of piperidine rings is 3. The summed E-state index contributed by atoms with van der Waals surface area (Å²) in [5.41, 5.74) is 2.72. The maximum atomic E-state index is 5.74. The Morgan fingerprint density at radius 1 is 1.15 bits per heavy atom. The first-order valence-corrected chi connectivity index (χ1v) is 10.4. The molecule has 4 fully saturated rings. The Morgan fingerprint density at radius 3 is 2.70 bits per heavy atom. The maximum Gasteiger partial charge on any atom is 0.122 e. The van der Waals surface area contributed by atoms with Crippen molar-refractivity contribution in [3.05, 3.63) is 47.8 Å². The van der Waals surface area contributed by atoms with Crippen LogP contribution >= 0.6 is 0 Å². The molecule has 5 nitrogen and oxygen atoms in total. The van der Waals surface area contributed by atoms with Crippen LogP contribution in [-0.2, 0) is 13.1 Å². The van der Waals surface area contributed by atoms with Crippen LogP contribution in [-0.4, -0.2) is 58.4 Å². The van der Waals surface area contributed by atoms with Gasteiger partial charge >= 0.3 is 0 Å². The second-order valence-electron chi connectivity index (χ2n) is 8.34.